The number of hydrogen-bond donors (Lipinski definition) is 1. The summed E-state index contributed by atoms with van der Waals surface area (Å²) in [6.07, 6.45) is 2.60. The Morgan fingerprint density at radius 1 is 1.42 bits per heavy atom. The normalized spacial score (nSPS) is 12.2. The molecule has 0 fully saturated rings. The van der Waals surface area contributed by atoms with Crippen molar-refractivity contribution in [3.8, 4) is 11.5 Å². The van der Waals surface area contributed by atoms with E-state index in [4.69, 9.17) is 15.2 Å². The lowest BCUT2D eigenvalue weighted by Crippen LogP contribution is -2.18. The second-order valence-corrected chi connectivity index (χ2v) is 5.38. The Bertz CT molecular complexity index is 512. The summed E-state index contributed by atoms with van der Waals surface area (Å²) in [6, 6.07) is 5.93. The maximum Gasteiger partial charge on any atom is 0.126 e. The third-order valence-corrected chi connectivity index (χ3v) is 3.42. The van der Waals surface area contributed by atoms with Gasteiger partial charge in [-0.2, -0.15) is 0 Å². The summed E-state index contributed by atoms with van der Waals surface area (Å²) in [7, 11) is 1.65. The Morgan fingerprint density at radius 2 is 2.26 bits per heavy atom. The standard InChI is InChI=1S/C14H18N2O2S/c1-10(15)5-11-3-4-12(17-2)6-14(11)18-8-13-7-16-9-19-13/h3-4,6-7,9-10H,5,8,15H2,1-2H3. The highest BCUT2D eigenvalue weighted by Crippen LogP contribution is 2.27. The largest absolute Gasteiger partial charge is 0.497 e. The first kappa shape index (κ1) is 13.8. The molecule has 0 saturated carbocycles. The molecule has 0 aliphatic rings. The molecule has 0 spiro atoms. The average Bonchev–Trinajstić information content (AvgIpc) is 2.90. The van der Waals surface area contributed by atoms with Crippen molar-refractivity contribution in [2.45, 2.75) is 26.0 Å². The van der Waals surface area contributed by atoms with Gasteiger partial charge in [-0.15, -0.1) is 11.3 Å². The number of ether oxygens (including phenoxy) is 2. The molecule has 2 aromatic rings. The number of hydrogen-bond acceptors (Lipinski definition) is 5. The van der Waals surface area contributed by atoms with Crippen LogP contribution in [-0.2, 0) is 13.0 Å². The van der Waals surface area contributed by atoms with Gasteiger partial charge in [-0.05, 0) is 25.0 Å². The molecule has 102 valence electrons. The van der Waals surface area contributed by atoms with E-state index < -0.39 is 0 Å². The summed E-state index contributed by atoms with van der Waals surface area (Å²) in [4.78, 5) is 5.13. The number of aromatic nitrogens is 1. The van der Waals surface area contributed by atoms with Crippen LogP contribution in [-0.4, -0.2) is 18.1 Å². The Balaban J connectivity index is 2.14. The quantitative estimate of drug-likeness (QED) is 0.882. The number of rotatable bonds is 6. The molecular formula is C14H18N2O2S. The molecule has 0 radical (unpaired) electrons. The van der Waals surface area contributed by atoms with Crippen LogP contribution in [0.4, 0.5) is 0 Å². The predicted octanol–water partition coefficient (Wildman–Crippen LogP) is 2.62. The summed E-state index contributed by atoms with van der Waals surface area (Å²) in [6.45, 7) is 2.50. The summed E-state index contributed by atoms with van der Waals surface area (Å²) < 4.78 is 11.1. The minimum atomic E-state index is 0.0964. The molecule has 19 heavy (non-hydrogen) atoms. The van der Waals surface area contributed by atoms with Gasteiger partial charge < -0.3 is 15.2 Å². The summed E-state index contributed by atoms with van der Waals surface area (Å²) >= 11 is 1.58. The first-order chi connectivity index (χ1) is 9.19. The van der Waals surface area contributed by atoms with Crippen molar-refractivity contribution >= 4 is 11.3 Å². The number of thiazole rings is 1. The van der Waals surface area contributed by atoms with E-state index in [9.17, 15) is 0 Å². The molecule has 0 aliphatic heterocycles. The van der Waals surface area contributed by atoms with Crippen molar-refractivity contribution in [2.75, 3.05) is 7.11 Å². The Morgan fingerprint density at radius 3 is 2.89 bits per heavy atom. The summed E-state index contributed by atoms with van der Waals surface area (Å²) in [5.41, 5.74) is 8.76. The maximum atomic E-state index is 5.86. The number of methoxy groups -OCH3 is 1. The Labute approximate surface area is 117 Å². The van der Waals surface area contributed by atoms with E-state index in [1.165, 1.54) is 0 Å². The molecule has 1 aromatic carbocycles. The molecule has 0 aliphatic carbocycles. The fourth-order valence-corrected chi connectivity index (χ4v) is 2.28. The van der Waals surface area contributed by atoms with Crippen molar-refractivity contribution in [1.82, 2.24) is 4.98 Å². The molecule has 1 atom stereocenters. The lowest BCUT2D eigenvalue weighted by atomic mass is 10.1. The van der Waals surface area contributed by atoms with E-state index in [-0.39, 0.29) is 6.04 Å². The highest BCUT2D eigenvalue weighted by molar-refractivity contribution is 7.09. The van der Waals surface area contributed by atoms with Crippen LogP contribution in [0.5, 0.6) is 11.5 Å². The first-order valence-electron chi connectivity index (χ1n) is 6.11. The molecule has 1 heterocycles. The zero-order valence-corrected chi connectivity index (χ0v) is 11.9. The predicted molar refractivity (Wildman–Crippen MR) is 76.8 cm³/mol. The zero-order chi connectivity index (χ0) is 13.7. The molecular weight excluding hydrogens is 260 g/mol. The van der Waals surface area contributed by atoms with Crippen LogP contribution in [0, 0.1) is 0 Å². The van der Waals surface area contributed by atoms with Crippen LogP contribution in [0.25, 0.3) is 0 Å². The second-order valence-electron chi connectivity index (χ2n) is 4.41. The number of benzene rings is 1. The SMILES string of the molecule is COc1ccc(CC(C)N)c(OCc2cncs2)c1. The van der Waals surface area contributed by atoms with E-state index in [1.54, 1.807) is 24.0 Å². The topological polar surface area (TPSA) is 57.4 Å². The van der Waals surface area contributed by atoms with Gasteiger partial charge in [-0.25, -0.2) is 0 Å². The van der Waals surface area contributed by atoms with E-state index in [0.717, 1.165) is 28.4 Å². The molecule has 5 heteroatoms. The van der Waals surface area contributed by atoms with Crippen molar-refractivity contribution in [1.29, 1.82) is 0 Å². The van der Waals surface area contributed by atoms with Crippen LogP contribution in [0.2, 0.25) is 0 Å². The van der Waals surface area contributed by atoms with E-state index >= 15 is 0 Å². The van der Waals surface area contributed by atoms with Crippen molar-refractivity contribution < 1.29 is 9.47 Å². The fourth-order valence-electron chi connectivity index (χ4n) is 1.77. The molecule has 1 unspecified atom stereocenters. The lowest BCUT2D eigenvalue weighted by molar-refractivity contribution is 0.303. The van der Waals surface area contributed by atoms with Gasteiger partial charge in [-0.1, -0.05) is 6.07 Å². The molecule has 0 amide bonds. The second kappa shape index (κ2) is 6.54. The van der Waals surface area contributed by atoms with Gasteiger partial charge in [0.1, 0.15) is 18.1 Å². The van der Waals surface area contributed by atoms with E-state index in [2.05, 4.69) is 4.98 Å². The van der Waals surface area contributed by atoms with Crippen LogP contribution in [0.1, 0.15) is 17.4 Å². The minimum Gasteiger partial charge on any atom is -0.497 e. The Kier molecular flexibility index (Phi) is 4.76. The summed E-state index contributed by atoms with van der Waals surface area (Å²) in [5, 5.41) is 0. The molecule has 0 bridgehead atoms. The first-order valence-corrected chi connectivity index (χ1v) is 6.99. The highest BCUT2D eigenvalue weighted by Gasteiger charge is 2.09. The summed E-state index contributed by atoms with van der Waals surface area (Å²) in [5.74, 6) is 1.61. The molecule has 4 nitrogen and oxygen atoms in total. The zero-order valence-electron chi connectivity index (χ0n) is 11.1. The Hall–Kier alpha value is -1.59. The highest BCUT2D eigenvalue weighted by atomic mass is 32.1. The number of nitrogens with zero attached hydrogens (tertiary/aromatic N) is 1. The van der Waals surface area contributed by atoms with Gasteiger partial charge in [0.25, 0.3) is 0 Å². The maximum absolute atomic E-state index is 5.86. The van der Waals surface area contributed by atoms with Crippen molar-refractivity contribution in [3.63, 3.8) is 0 Å². The third kappa shape index (κ3) is 3.94. The fraction of sp³-hybridized carbons (Fsp3) is 0.357. The molecule has 1 aromatic heterocycles. The third-order valence-electron chi connectivity index (χ3n) is 2.67. The van der Waals surface area contributed by atoms with Gasteiger partial charge in [0.05, 0.1) is 17.5 Å². The number of nitrogens with two attached hydrogens (primary N) is 1. The van der Waals surface area contributed by atoms with Crippen LogP contribution in [0.15, 0.2) is 29.9 Å². The van der Waals surface area contributed by atoms with Gasteiger partial charge in [0.15, 0.2) is 0 Å². The van der Waals surface area contributed by atoms with Crippen molar-refractivity contribution in [2.24, 2.45) is 5.73 Å². The minimum absolute atomic E-state index is 0.0964. The van der Waals surface area contributed by atoms with Gasteiger partial charge >= 0.3 is 0 Å². The van der Waals surface area contributed by atoms with Crippen molar-refractivity contribution in [3.05, 3.63) is 40.3 Å². The molecule has 0 saturated heterocycles. The van der Waals surface area contributed by atoms with Crippen LogP contribution < -0.4 is 15.2 Å². The van der Waals surface area contributed by atoms with Gasteiger partial charge in [0.2, 0.25) is 0 Å². The molecule has 2 N–H and O–H groups in total. The van der Waals surface area contributed by atoms with Crippen LogP contribution >= 0.6 is 11.3 Å². The van der Waals surface area contributed by atoms with Gasteiger partial charge in [0, 0.05) is 18.3 Å². The smallest absolute Gasteiger partial charge is 0.126 e. The monoisotopic (exact) mass is 278 g/mol. The molecule has 2 rings (SSSR count). The average molecular weight is 278 g/mol. The van der Waals surface area contributed by atoms with E-state index in [0.29, 0.717) is 6.61 Å². The van der Waals surface area contributed by atoms with Crippen LogP contribution in [0.3, 0.4) is 0 Å². The van der Waals surface area contributed by atoms with Gasteiger partial charge in [-0.3, -0.25) is 4.98 Å². The lowest BCUT2D eigenvalue weighted by Gasteiger charge is -2.14. The van der Waals surface area contributed by atoms with E-state index in [1.807, 2.05) is 31.3 Å².